The van der Waals surface area contributed by atoms with Crippen LogP contribution in [0.2, 0.25) is 0 Å². The van der Waals surface area contributed by atoms with Crippen molar-refractivity contribution >= 4 is 22.3 Å². The molecule has 0 saturated heterocycles. The Hall–Kier alpha value is -3.80. The van der Waals surface area contributed by atoms with Crippen molar-refractivity contribution in [1.82, 2.24) is 5.32 Å². The number of benzene rings is 3. The van der Waals surface area contributed by atoms with Gasteiger partial charge in [0.25, 0.3) is 0 Å². The van der Waals surface area contributed by atoms with Crippen molar-refractivity contribution in [1.29, 1.82) is 0 Å². The highest BCUT2D eigenvalue weighted by atomic mass is 16.5. The second-order valence-corrected chi connectivity index (χ2v) is 19.7. The average Bonchev–Trinajstić information content (AvgIpc) is 4.02. The van der Waals surface area contributed by atoms with E-state index in [2.05, 4.69) is 59.3 Å². The third-order valence-electron chi connectivity index (χ3n) is 14.8. The fourth-order valence-electron chi connectivity index (χ4n) is 11.0. The molecule has 372 valence electrons. The number of nitrogens with one attached hydrogen (secondary N) is 1. The van der Waals surface area contributed by atoms with E-state index in [1.54, 1.807) is 0 Å². The zero-order valence-corrected chi connectivity index (χ0v) is 40.2. The van der Waals surface area contributed by atoms with Crippen LogP contribution in [0.5, 0.6) is 5.75 Å². The maximum atomic E-state index is 11.7. The predicted molar refractivity (Wildman–Crippen MR) is 263 cm³/mol. The summed E-state index contributed by atoms with van der Waals surface area (Å²) in [7, 11) is 0. The number of unbranched alkanes of at least 4 members (excludes halogenated alkanes) is 5. The number of aliphatic hydroxyl groups is 8. The summed E-state index contributed by atoms with van der Waals surface area (Å²) in [5.41, 5.74) is 10.4. The van der Waals surface area contributed by atoms with Crippen LogP contribution in [0, 0.1) is 5.41 Å². The molecule has 1 aromatic heterocycles. The molecule has 3 heterocycles. The van der Waals surface area contributed by atoms with Gasteiger partial charge in [0.2, 0.25) is 0 Å². The molecule has 0 aliphatic carbocycles. The van der Waals surface area contributed by atoms with Crippen molar-refractivity contribution < 1.29 is 50.0 Å². The summed E-state index contributed by atoms with van der Waals surface area (Å²) in [6.07, 6.45) is 5.04. The maximum absolute atomic E-state index is 11.7. The molecule has 6 rings (SSSR count). The first kappa shape index (κ1) is 52.6. The lowest BCUT2D eigenvalue weighted by atomic mass is 9.61. The van der Waals surface area contributed by atoms with E-state index in [0.717, 1.165) is 65.8 Å². The lowest BCUT2D eigenvalue weighted by Crippen LogP contribution is -2.76. The molecule has 0 spiro atoms. The molecule has 0 amide bonds. The van der Waals surface area contributed by atoms with E-state index in [1.807, 2.05) is 37.3 Å². The highest BCUT2D eigenvalue weighted by molar-refractivity contribution is 5.78. The van der Waals surface area contributed by atoms with E-state index in [9.17, 15) is 40.9 Å². The summed E-state index contributed by atoms with van der Waals surface area (Å²) < 4.78 is 12.4. The zero-order chi connectivity index (χ0) is 48.2. The van der Waals surface area contributed by atoms with E-state index < -0.39 is 48.2 Å². The molecular weight excluding hydrogens is 853 g/mol. The van der Waals surface area contributed by atoms with Gasteiger partial charge < -0.3 is 65.5 Å². The largest absolute Gasteiger partial charge is 0.486 e. The number of hydrogen-bond acceptors (Lipinski definition) is 14. The number of nitrogens with two attached hydrogens (primary N) is 1. The first-order chi connectivity index (χ1) is 32.1. The maximum Gasteiger partial charge on any atom is 0.151 e. The van der Waals surface area contributed by atoms with Crippen LogP contribution in [-0.4, -0.2) is 110 Å². The van der Waals surface area contributed by atoms with Gasteiger partial charge in [-0.15, -0.1) is 0 Å². The summed E-state index contributed by atoms with van der Waals surface area (Å²) in [6, 6.07) is 20.6. The molecule has 4 aromatic rings. The van der Waals surface area contributed by atoms with Gasteiger partial charge in [-0.25, -0.2) is 0 Å². The predicted octanol–water partition coefficient (Wildman–Crippen LogP) is 5.91. The smallest absolute Gasteiger partial charge is 0.151 e. The third-order valence-corrected chi connectivity index (χ3v) is 14.8. The van der Waals surface area contributed by atoms with Crippen LogP contribution in [0.4, 0.5) is 11.4 Å². The second kappa shape index (κ2) is 24.2. The van der Waals surface area contributed by atoms with Crippen molar-refractivity contribution in [2.45, 2.75) is 173 Å². The molecule has 0 saturated carbocycles. The summed E-state index contributed by atoms with van der Waals surface area (Å²) in [4.78, 5) is 4.36. The number of aliphatic hydroxyl groups excluding tert-OH is 5. The number of anilines is 2. The van der Waals surface area contributed by atoms with Crippen LogP contribution < -0.4 is 25.6 Å². The summed E-state index contributed by atoms with van der Waals surface area (Å²) >= 11 is 0. The Balaban J connectivity index is 1.31. The topological polar surface area (TPSA) is 229 Å². The molecule has 3 aromatic carbocycles. The SMILES string of the molecule is CCCCCCCCc1cccc2c1CCN2CC(CO)(NC(C)(CN1CCc2cc(OCc3cc4cc(CCC)ccc4o3)ccc21)C(CCC(O)O)(CCC(O)O)CCC(O)O)C(N)O. The van der Waals surface area contributed by atoms with Crippen molar-refractivity contribution in [3.05, 3.63) is 88.7 Å². The van der Waals surface area contributed by atoms with Crippen molar-refractivity contribution in [3.63, 3.8) is 0 Å². The van der Waals surface area contributed by atoms with Crippen molar-refractivity contribution in [2.24, 2.45) is 11.1 Å². The van der Waals surface area contributed by atoms with E-state index in [1.165, 1.54) is 48.8 Å². The minimum absolute atomic E-state index is 0.110. The van der Waals surface area contributed by atoms with Crippen LogP contribution in [0.15, 0.2) is 65.1 Å². The molecular formula is C53H80N4O10. The highest BCUT2D eigenvalue weighted by Crippen LogP contribution is 2.49. The monoisotopic (exact) mass is 933 g/mol. The third kappa shape index (κ3) is 13.3. The van der Waals surface area contributed by atoms with Crippen LogP contribution in [0.25, 0.3) is 11.0 Å². The molecule has 67 heavy (non-hydrogen) atoms. The Bertz CT molecular complexity index is 2110. The molecule has 2 aliphatic rings. The lowest BCUT2D eigenvalue weighted by molar-refractivity contribution is -0.0987. The van der Waals surface area contributed by atoms with Gasteiger partial charge in [0.05, 0.1) is 12.1 Å². The van der Waals surface area contributed by atoms with E-state index in [4.69, 9.17) is 14.9 Å². The lowest BCUT2D eigenvalue weighted by Gasteiger charge is -2.57. The number of furan rings is 1. The number of aryl methyl sites for hydroxylation is 2. The Morgan fingerprint density at radius 1 is 0.731 bits per heavy atom. The van der Waals surface area contributed by atoms with Gasteiger partial charge in [-0.2, -0.15) is 0 Å². The molecule has 0 fully saturated rings. The van der Waals surface area contributed by atoms with Crippen LogP contribution in [0.1, 0.15) is 132 Å². The van der Waals surface area contributed by atoms with Gasteiger partial charge in [0.15, 0.2) is 18.9 Å². The first-order valence-electron chi connectivity index (χ1n) is 24.9. The molecule has 3 atom stereocenters. The number of rotatable bonds is 30. The second-order valence-electron chi connectivity index (χ2n) is 19.7. The van der Waals surface area contributed by atoms with Crippen molar-refractivity contribution in [2.75, 3.05) is 42.6 Å². The molecule has 2 aliphatic heterocycles. The van der Waals surface area contributed by atoms with Crippen molar-refractivity contribution in [3.8, 4) is 5.75 Å². The van der Waals surface area contributed by atoms with Gasteiger partial charge in [0.1, 0.15) is 29.9 Å². The molecule has 14 nitrogen and oxygen atoms in total. The van der Waals surface area contributed by atoms with Gasteiger partial charge in [-0.05, 0) is 148 Å². The van der Waals surface area contributed by atoms with Crippen LogP contribution in [-0.2, 0) is 32.3 Å². The van der Waals surface area contributed by atoms with Gasteiger partial charge >= 0.3 is 0 Å². The fourth-order valence-corrected chi connectivity index (χ4v) is 11.0. The number of fused-ring (bicyclic) bond motifs is 3. The van der Waals surface area contributed by atoms with E-state index in [-0.39, 0.29) is 58.2 Å². The fraction of sp³-hybridized carbons (Fsp3) is 0.623. The van der Waals surface area contributed by atoms with Crippen LogP contribution in [0.3, 0.4) is 0 Å². The standard InChI is InChI=1S/C53H80N4O10/c1-4-6-7-8-9-10-13-38-14-11-15-45-43(38)24-29-57(45)35-53(36-58,50(54)65)55-51(3,52(25-20-47(59)60,26-21-48(61)62)27-22-49(63)64)34-56-28-23-39-31-41(17-18-44(39)56)66-33-42-32-40-30-37(12-5-2)16-19-46(40)67-42/h11,14-19,30-32,47-50,55,58-65H,4-10,12-13,20-29,33-36,54H2,1-3H3. The quantitative estimate of drug-likeness (QED) is 0.0217. The normalized spacial score (nSPS) is 16.3. The molecule has 11 N–H and O–H groups in total. The zero-order valence-electron chi connectivity index (χ0n) is 40.2. The summed E-state index contributed by atoms with van der Waals surface area (Å²) in [5, 5.41) is 90.1. The van der Waals surface area contributed by atoms with Crippen LogP contribution >= 0.6 is 0 Å². The summed E-state index contributed by atoms with van der Waals surface area (Å²) in [6.45, 7) is 7.58. The Labute approximate surface area is 397 Å². The molecule has 0 radical (unpaired) electrons. The molecule has 14 heteroatoms. The number of nitrogens with zero attached hydrogens (tertiary/aromatic N) is 2. The Morgan fingerprint density at radius 2 is 1.40 bits per heavy atom. The first-order valence-corrected chi connectivity index (χ1v) is 24.9. The van der Waals surface area contributed by atoms with Gasteiger partial charge in [0, 0.05) is 48.5 Å². The molecule has 3 unspecified atom stereocenters. The summed E-state index contributed by atoms with van der Waals surface area (Å²) in [5.74, 6) is 1.40. The molecule has 0 bridgehead atoms. The Morgan fingerprint density at radius 3 is 2.06 bits per heavy atom. The number of hydrogen-bond donors (Lipinski definition) is 10. The van der Waals surface area contributed by atoms with E-state index in [0.29, 0.717) is 25.3 Å². The Kier molecular flexibility index (Phi) is 19.0. The highest BCUT2D eigenvalue weighted by Gasteiger charge is 2.54. The van der Waals surface area contributed by atoms with Gasteiger partial charge in [-0.3, -0.25) is 5.32 Å². The number of ether oxygens (including phenoxy) is 1. The average molecular weight is 933 g/mol. The minimum atomic E-state index is -1.71. The van der Waals surface area contributed by atoms with Gasteiger partial charge in [-0.1, -0.05) is 70.6 Å². The minimum Gasteiger partial charge on any atom is -0.486 e. The van der Waals surface area contributed by atoms with E-state index >= 15 is 0 Å².